The van der Waals surface area contributed by atoms with Gasteiger partial charge in [0, 0.05) is 5.56 Å². The third kappa shape index (κ3) is 4.98. The van der Waals surface area contributed by atoms with Gasteiger partial charge in [0.25, 0.3) is 5.91 Å². The number of nitrogens with two attached hydrogens (primary N) is 1. The second-order valence-electron chi connectivity index (χ2n) is 6.45. The topological polar surface area (TPSA) is 81.4 Å². The molecule has 0 aliphatic heterocycles. The van der Waals surface area contributed by atoms with Crippen molar-refractivity contribution in [3.8, 4) is 16.9 Å². The molecule has 28 heavy (non-hydrogen) atoms. The van der Waals surface area contributed by atoms with E-state index in [4.69, 9.17) is 10.5 Å². The van der Waals surface area contributed by atoms with Crippen molar-refractivity contribution >= 4 is 11.8 Å². The second-order valence-corrected chi connectivity index (χ2v) is 6.45. The Morgan fingerprint density at radius 3 is 2.11 bits per heavy atom. The molecule has 3 aromatic rings. The summed E-state index contributed by atoms with van der Waals surface area (Å²) in [6.45, 7) is 1.82. The van der Waals surface area contributed by atoms with Crippen molar-refractivity contribution in [3.63, 3.8) is 0 Å². The number of nitrogens with one attached hydrogen (secondary N) is 1. The molecule has 0 saturated heterocycles. The van der Waals surface area contributed by atoms with Crippen LogP contribution in [0.2, 0.25) is 0 Å². The van der Waals surface area contributed by atoms with Crippen molar-refractivity contribution in [2.24, 2.45) is 5.73 Å². The molecular weight excluding hydrogens is 352 g/mol. The third-order valence-corrected chi connectivity index (χ3v) is 4.40. The number of hydrogen-bond donors (Lipinski definition) is 2. The van der Waals surface area contributed by atoms with Crippen LogP contribution in [-0.2, 0) is 4.79 Å². The molecule has 142 valence electrons. The first-order valence-corrected chi connectivity index (χ1v) is 9.00. The highest BCUT2D eigenvalue weighted by molar-refractivity contribution is 5.92. The molecule has 0 spiro atoms. The Kier molecular flexibility index (Phi) is 6.07. The van der Waals surface area contributed by atoms with Crippen molar-refractivity contribution in [1.82, 2.24) is 5.32 Å². The molecule has 0 heterocycles. The Morgan fingerprint density at radius 1 is 0.893 bits per heavy atom. The summed E-state index contributed by atoms with van der Waals surface area (Å²) in [7, 11) is 0. The Bertz CT molecular complexity index is 936. The molecule has 2 amide bonds. The zero-order valence-corrected chi connectivity index (χ0v) is 15.6. The number of carbonyl (C=O) groups is 2. The first kappa shape index (κ1) is 19.2. The monoisotopic (exact) mass is 374 g/mol. The Labute approximate surface area is 164 Å². The van der Waals surface area contributed by atoms with Crippen LogP contribution in [0.4, 0.5) is 0 Å². The molecule has 0 aliphatic carbocycles. The maximum absolute atomic E-state index is 12.2. The van der Waals surface area contributed by atoms with Gasteiger partial charge in [0.15, 0.2) is 6.61 Å². The predicted molar refractivity (Wildman–Crippen MR) is 109 cm³/mol. The first-order valence-electron chi connectivity index (χ1n) is 9.00. The summed E-state index contributed by atoms with van der Waals surface area (Å²) in [6.07, 6.45) is 0. The van der Waals surface area contributed by atoms with E-state index in [0.29, 0.717) is 11.3 Å². The lowest BCUT2D eigenvalue weighted by molar-refractivity contribution is -0.123. The van der Waals surface area contributed by atoms with Gasteiger partial charge in [0.05, 0.1) is 6.04 Å². The van der Waals surface area contributed by atoms with Crippen molar-refractivity contribution in [3.05, 3.63) is 90.0 Å². The average molecular weight is 374 g/mol. The maximum Gasteiger partial charge on any atom is 0.258 e. The van der Waals surface area contributed by atoms with Gasteiger partial charge in [-0.25, -0.2) is 0 Å². The lowest BCUT2D eigenvalue weighted by Crippen LogP contribution is -2.31. The molecule has 0 aromatic heterocycles. The molecule has 3 aromatic carbocycles. The van der Waals surface area contributed by atoms with E-state index in [1.807, 2.05) is 49.4 Å². The van der Waals surface area contributed by atoms with E-state index in [-0.39, 0.29) is 18.6 Å². The van der Waals surface area contributed by atoms with Gasteiger partial charge < -0.3 is 15.8 Å². The van der Waals surface area contributed by atoms with Gasteiger partial charge in [-0.05, 0) is 47.9 Å². The number of rotatable bonds is 7. The SMILES string of the molecule is C[C@H](NC(=O)COc1ccc(C(N)=O)cc1)c1ccc(-c2ccccc2)cc1. The predicted octanol–water partition coefficient (Wildman–Crippen LogP) is 3.71. The van der Waals surface area contributed by atoms with E-state index in [1.54, 1.807) is 24.3 Å². The van der Waals surface area contributed by atoms with Gasteiger partial charge in [0.1, 0.15) is 5.75 Å². The van der Waals surface area contributed by atoms with Crippen LogP contribution < -0.4 is 15.8 Å². The van der Waals surface area contributed by atoms with Crippen LogP contribution >= 0.6 is 0 Å². The zero-order valence-electron chi connectivity index (χ0n) is 15.6. The standard InChI is InChI=1S/C23H22N2O3/c1-16(17-7-9-19(10-8-17)18-5-3-2-4-6-18)25-22(26)15-28-21-13-11-20(12-14-21)23(24)27/h2-14,16H,15H2,1H3,(H2,24,27)(H,25,26)/t16-/m0/s1. The second kappa shape index (κ2) is 8.86. The fraction of sp³-hybridized carbons (Fsp3) is 0.130. The third-order valence-electron chi connectivity index (χ3n) is 4.40. The summed E-state index contributed by atoms with van der Waals surface area (Å²) in [5, 5.41) is 2.92. The van der Waals surface area contributed by atoms with Crippen LogP contribution in [0.5, 0.6) is 5.75 Å². The summed E-state index contributed by atoms with van der Waals surface area (Å²) < 4.78 is 5.45. The molecule has 0 aliphatic rings. The number of ether oxygens (including phenoxy) is 1. The summed E-state index contributed by atoms with van der Waals surface area (Å²) in [5.41, 5.74) is 8.88. The van der Waals surface area contributed by atoms with E-state index >= 15 is 0 Å². The molecule has 5 nitrogen and oxygen atoms in total. The first-order chi connectivity index (χ1) is 13.5. The highest BCUT2D eigenvalue weighted by Gasteiger charge is 2.11. The van der Waals surface area contributed by atoms with Crippen LogP contribution in [0.3, 0.4) is 0 Å². The highest BCUT2D eigenvalue weighted by Crippen LogP contribution is 2.21. The molecule has 0 bridgehead atoms. The summed E-state index contributed by atoms with van der Waals surface area (Å²) in [5.74, 6) is -0.227. The fourth-order valence-electron chi connectivity index (χ4n) is 2.83. The van der Waals surface area contributed by atoms with E-state index in [0.717, 1.165) is 16.7 Å². The molecule has 0 fully saturated rings. The largest absolute Gasteiger partial charge is 0.484 e. The summed E-state index contributed by atoms with van der Waals surface area (Å²) in [6, 6.07) is 24.4. The lowest BCUT2D eigenvalue weighted by atomic mass is 10.0. The fourth-order valence-corrected chi connectivity index (χ4v) is 2.83. The molecule has 3 N–H and O–H groups in total. The minimum atomic E-state index is -0.503. The Morgan fingerprint density at radius 2 is 1.50 bits per heavy atom. The summed E-state index contributed by atoms with van der Waals surface area (Å²) in [4.78, 5) is 23.2. The van der Waals surface area contributed by atoms with Crippen molar-refractivity contribution < 1.29 is 14.3 Å². The Balaban J connectivity index is 1.53. The quantitative estimate of drug-likeness (QED) is 0.661. The van der Waals surface area contributed by atoms with Crippen LogP contribution in [0.15, 0.2) is 78.9 Å². The lowest BCUT2D eigenvalue weighted by Gasteiger charge is -2.15. The Hall–Kier alpha value is -3.60. The number of primary amides is 1. The zero-order chi connectivity index (χ0) is 19.9. The van der Waals surface area contributed by atoms with E-state index in [1.165, 1.54) is 0 Å². The van der Waals surface area contributed by atoms with Gasteiger partial charge in [-0.1, -0.05) is 54.6 Å². The maximum atomic E-state index is 12.2. The molecule has 0 unspecified atom stereocenters. The van der Waals surface area contributed by atoms with E-state index in [9.17, 15) is 9.59 Å². The van der Waals surface area contributed by atoms with E-state index < -0.39 is 5.91 Å². The number of carbonyl (C=O) groups excluding carboxylic acids is 2. The van der Waals surface area contributed by atoms with Gasteiger partial charge in [-0.15, -0.1) is 0 Å². The number of amides is 2. The van der Waals surface area contributed by atoms with Crippen LogP contribution in [0, 0.1) is 0 Å². The van der Waals surface area contributed by atoms with Crippen LogP contribution in [-0.4, -0.2) is 18.4 Å². The van der Waals surface area contributed by atoms with Gasteiger partial charge in [-0.3, -0.25) is 9.59 Å². The van der Waals surface area contributed by atoms with Gasteiger partial charge >= 0.3 is 0 Å². The molecule has 3 rings (SSSR count). The van der Waals surface area contributed by atoms with Crippen molar-refractivity contribution in [2.45, 2.75) is 13.0 Å². The van der Waals surface area contributed by atoms with Crippen LogP contribution in [0.1, 0.15) is 28.9 Å². The molecular formula is C23H22N2O3. The minimum Gasteiger partial charge on any atom is -0.484 e. The van der Waals surface area contributed by atoms with Gasteiger partial charge in [0.2, 0.25) is 5.91 Å². The molecule has 1 atom stereocenters. The number of hydrogen-bond acceptors (Lipinski definition) is 3. The normalized spacial score (nSPS) is 11.5. The minimum absolute atomic E-state index is 0.109. The van der Waals surface area contributed by atoms with Gasteiger partial charge in [-0.2, -0.15) is 0 Å². The van der Waals surface area contributed by atoms with Crippen LogP contribution in [0.25, 0.3) is 11.1 Å². The molecule has 0 saturated carbocycles. The highest BCUT2D eigenvalue weighted by atomic mass is 16.5. The average Bonchev–Trinajstić information content (AvgIpc) is 2.73. The van der Waals surface area contributed by atoms with E-state index in [2.05, 4.69) is 17.4 Å². The molecule has 0 radical (unpaired) electrons. The number of benzene rings is 3. The van der Waals surface area contributed by atoms with Crippen molar-refractivity contribution in [2.75, 3.05) is 6.61 Å². The summed E-state index contributed by atoms with van der Waals surface area (Å²) >= 11 is 0. The smallest absolute Gasteiger partial charge is 0.258 e. The van der Waals surface area contributed by atoms with Crippen molar-refractivity contribution in [1.29, 1.82) is 0 Å². The molecule has 5 heteroatoms.